The zero-order valence-corrected chi connectivity index (χ0v) is 21.9. The van der Waals surface area contributed by atoms with Gasteiger partial charge in [-0.2, -0.15) is 0 Å². The molecule has 2 aliphatic rings. The van der Waals surface area contributed by atoms with Gasteiger partial charge in [0.05, 0.1) is 11.0 Å². The normalized spacial score (nSPS) is 19.4. The number of likely N-dealkylation sites (tertiary alicyclic amines) is 1. The zero-order chi connectivity index (χ0) is 26.9. The summed E-state index contributed by atoms with van der Waals surface area (Å²) in [6.07, 6.45) is 1.94. The first kappa shape index (κ1) is 26.5. The predicted octanol–water partition coefficient (Wildman–Crippen LogP) is 2.30. The number of amides is 3. The molecule has 2 N–H and O–H groups in total. The van der Waals surface area contributed by atoms with Gasteiger partial charge in [-0.15, -0.1) is 0 Å². The summed E-state index contributed by atoms with van der Waals surface area (Å²) >= 11 is 0. The Kier molecular flexibility index (Phi) is 7.46. The van der Waals surface area contributed by atoms with E-state index in [0.29, 0.717) is 23.9 Å². The number of rotatable bonds is 4. The van der Waals surface area contributed by atoms with Crippen molar-refractivity contribution in [1.82, 2.24) is 24.3 Å². The molecule has 10 heteroatoms. The summed E-state index contributed by atoms with van der Waals surface area (Å²) in [5, 5.41) is 12.0. The molecule has 0 bridgehead atoms. The lowest BCUT2D eigenvalue weighted by atomic mass is 9.97. The highest BCUT2D eigenvalue weighted by molar-refractivity contribution is 6.00. The topological polar surface area (TPSA) is 117 Å². The standard InChI is InChI=1S/C27H35N5O5/c1-27(2,3)32(26(36)37)19-12-15-30(16-13-19)14-6-5-7-18-8-9-20-22(17-18)29(4)25(35)31(20)21-10-11-23(33)28-24(21)34/h8-9,17,19,21H,6,10-16H2,1-4H3,(H,36,37)(H,28,33,34). The molecule has 1 aromatic carbocycles. The zero-order valence-electron chi connectivity index (χ0n) is 21.9. The SMILES string of the molecule is Cn1c(=O)n(C2CCC(=O)NC2=O)c2ccc(C#CCCN3CCC(N(C(=O)O)C(C)(C)C)CC3)cc21. The molecule has 4 rings (SSSR count). The highest BCUT2D eigenvalue weighted by Gasteiger charge is 2.35. The van der Waals surface area contributed by atoms with Crippen molar-refractivity contribution in [2.45, 2.75) is 70.5 Å². The first-order chi connectivity index (χ1) is 17.5. The molecular formula is C27H35N5O5. The van der Waals surface area contributed by atoms with Crippen LogP contribution in [0, 0.1) is 11.8 Å². The predicted molar refractivity (Wildman–Crippen MR) is 139 cm³/mol. The highest BCUT2D eigenvalue weighted by Crippen LogP contribution is 2.25. The van der Waals surface area contributed by atoms with Crippen molar-refractivity contribution in [3.8, 4) is 11.8 Å². The van der Waals surface area contributed by atoms with E-state index in [-0.39, 0.29) is 24.1 Å². The first-order valence-corrected chi connectivity index (χ1v) is 12.8. The molecule has 0 saturated carbocycles. The van der Waals surface area contributed by atoms with Crippen LogP contribution >= 0.6 is 0 Å². The van der Waals surface area contributed by atoms with Gasteiger partial charge < -0.3 is 14.9 Å². The van der Waals surface area contributed by atoms with Crippen LogP contribution in [0.1, 0.15) is 64.5 Å². The Labute approximate surface area is 216 Å². The maximum absolute atomic E-state index is 12.9. The fraction of sp³-hybridized carbons (Fsp3) is 0.556. The van der Waals surface area contributed by atoms with E-state index in [1.165, 1.54) is 9.13 Å². The van der Waals surface area contributed by atoms with E-state index in [2.05, 4.69) is 22.1 Å². The van der Waals surface area contributed by atoms with E-state index < -0.39 is 23.6 Å². The Hall–Kier alpha value is -3.58. The van der Waals surface area contributed by atoms with Crippen LogP contribution in [0.15, 0.2) is 23.0 Å². The average molecular weight is 510 g/mol. The fourth-order valence-corrected chi connectivity index (χ4v) is 5.44. The van der Waals surface area contributed by atoms with Crippen LogP contribution in [0.2, 0.25) is 0 Å². The Morgan fingerprint density at radius 1 is 1.14 bits per heavy atom. The molecule has 0 spiro atoms. The van der Waals surface area contributed by atoms with Crippen molar-refractivity contribution >= 4 is 28.9 Å². The second kappa shape index (κ2) is 10.4. The lowest BCUT2D eigenvalue weighted by molar-refractivity contribution is -0.135. The number of carboxylic acid groups (broad SMARTS) is 1. The minimum absolute atomic E-state index is 0.0330. The third-order valence-electron chi connectivity index (χ3n) is 7.25. The maximum Gasteiger partial charge on any atom is 0.407 e. The molecule has 1 unspecified atom stereocenters. The van der Waals surface area contributed by atoms with Gasteiger partial charge in [0.15, 0.2) is 0 Å². The molecule has 0 aliphatic carbocycles. The number of aryl methyl sites for hydroxylation is 1. The number of imidazole rings is 1. The molecule has 198 valence electrons. The smallest absolute Gasteiger partial charge is 0.407 e. The quantitative estimate of drug-likeness (QED) is 0.483. The number of piperidine rings is 2. The maximum atomic E-state index is 12.9. The van der Waals surface area contributed by atoms with Crippen molar-refractivity contribution in [3.05, 3.63) is 34.2 Å². The summed E-state index contributed by atoms with van der Waals surface area (Å²) in [5.41, 5.74) is 1.39. The number of fused-ring (bicyclic) bond motifs is 1. The van der Waals surface area contributed by atoms with Gasteiger partial charge in [-0.3, -0.25) is 24.0 Å². The summed E-state index contributed by atoms with van der Waals surface area (Å²) in [6.45, 7) is 8.30. The summed E-state index contributed by atoms with van der Waals surface area (Å²) < 4.78 is 2.97. The van der Waals surface area contributed by atoms with Gasteiger partial charge in [-0.05, 0) is 58.2 Å². The summed E-state index contributed by atoms with van der Waals surface area (Å²) in [4.78, 5) is 52.4. The van der Waals surface area contributed by atoms with Crippen LogP contribution in [-0.2, 0) is 16.6 Å². The van der Waals surface area contributed by atoms with Crippen molar-refractivity contribution in [1.29, 1.82) is 0 Å². The molecule has 3 amide bonds. The number of nitrogens with one attached hydrogen (secondary N) is 1. The van der Waals surface area contributed by atoms with Gasteiger partial charge in [0.25, 0.3) is 0 Å². The minimum atomic E-state index is -0.862. The van der Waals surface area contributed by atoms with Gasteiger partial charge in [-0.25, -0.2) is 9.59 Å². The first-order valence-electron chi connectivity index (χ1n) is 12.8. The highest BCUT2D eigenvalue weighted by atomic mass is 16.4. The molecule has 3 heterocycles. The average Bonchev–Trinajstić information content (AvgIpc) is 3.06. The van der Waals surface area contributed by atoms with E-state index in [1.54, 1.807) is 18.0 Å². The number of nitrogens with zero attached hydrogens (tertiary/aromatic N) is 4. The lowest BCUT2D eigenvalue weighted by Gasteiger charge is -2.43. The van der Waals surface area contributed by atoms with Crippen molar-refractivity contribution in [2.75, 3.05) is 19.6 Å². The number of hydrogen-bond donors (Lipinski definition) is 2. The molecule has 1 aromatic heterocycles. The van der Waals surface area contributed by atoms with Crippen LogP contribution in [0.5, 0.6) is 0 Å². The van der Waals surface area contributed by atoms with Gasteiger partial charge >= 0.3 is 11.8 Å². The lowest BCUT2D eigenvalue weighted by Crippen LogP contribution is -2.54. The largest absolute Gasteiger partial charge is 0.465 e. The third-order valence-corrected chi connectivity index (χ3v) is 7.25. The number of aromatic nitrogens is 2. The molecule has 37 heavy (non-hydrogen) atoms. The monoisotopic (exact) mass is 509 g/mol. The Morgan fingerprint density at radius 2 is 1.84 bits per heavy atom. The number of carbonyl (C=O) groups excluding carboxylic acids is 2. The van der Waals surface area contributed by atoms with Crippen LogP contribution in [0.4, 0.5) is 4.79 Å². The second-order valence-corrected chi connectivity index (χ2v) is 10.8. The van der Waals surface area contributed by atoms with Crippen LogP contribution in [0.25, 0.3) is 11.0 Å². The molecule has 2 aromatic rings. The van der Waals surface area contributed by atoms with Gasteiger partial charge in [0.2, 0.25) is 11.8 Å². The summed E-state index contributed by atoms with van der Waals surface area (Å²) in [7, 11) is 1.67. The summed E-state index contributed by atoms with van der Waals surface area (Å²) in [6, 6.07) is 4.82. The van der Waals surface area contributed by atoms with Crippen LogP contribution in [0.3, 0.4) is 0 Å². The molecule has 1 atom stereocenters. The van der Waals surface area contributed by atoms with Crippen molar-refractivity contribution < 1.29 is 19.5 Å². The van der Waals surface area contributed by atoms with E-state index in [4.69, 9.17) is 0 Å². The number of carbonyl (C=O) groups is 3. The second-order valence-electron chi connectivity index (χ2n) is 10.8. The van der Waals surface area contributed by atoms with E-state index in [1.807, 2.05) is 32.9 Å². The Morgan fingerprint density at radius 3 is 2.46 bits per heavy atom. The van der Waals surface area contributed by atoms with E-state index in [0.717, 1.165) is 38.0 Å². The van der Waals surface area contributed by atoms with Gasteiger partial charge in [0.1, 0.15) is 6.04 Å². The molecule has 2 fully saturated rings. The molecule has 10 nitrogen and oxygen atoms in total. The van der Waals surface area contributed by atoms with Gasteiger partial charge in [0, 0.05) is 56.7 Å². The number of benzene rings is 1. The summed E-state index contributed by atoms with van der Waals surface area (Å²) in [5.74, 6) is 5.62. The third kappa shape index (κ3) is 5.57. The molecule has 2 aliphatic heterocycles. The Bertz CT molecular complexity index is 1330. The van der Waals surface area contributed by atoms with E-state index >= 15 is 0 Å². The van der Waals surface area contributed by atoms with Gasteiger partial charge in [-0.1, -0.05) is 11.8 Å². The van der Waals surface area contributed by atoms with Crippen LogP contribution < -0.4 is 11.0 Å². The molecule has 2 saturated heterocycles. The van der Waals surface area contributed by atoms with E-state index in [9.17, 15) is 24.3 Å². The Balaban J connectivity index is 1.38. The minimum Gasteiger partial charge on any atom is -0.465 e. The molecule has 0 radical (unpaired) electrons. The number of hydrogen-bond acceptors (Lipinski definition) is 5. The van der Waals surface area contributed by atoms with Crippen molar-refractivity contribution in [3.63, 3.8) is 0 Å². The number of imide groups is 1. The fourth-order valence-electron chi connectivity index (χ4n) is 5.44. The molecular weight excluding hydrogens is 474 g/mol. The van der Waals surface area contributed by atoms with Crippen LogP contribution in [-0.4, -0.2) is 73.2 Å². The van der Waals surface area contributed by atoms with Crippen molar-refractivity contribution in [2.24, 2.45) is 7.05 Å².